The van der Waals surface area contributed by atoms with Crippen LogP contribution in [0.25, 0.3) is 10.8 Å². The Balaban J connectivity index is 2.04. The van der Waals surface area contributed by atoms with Gasteiger partial charge in [-0.15, -0.1) is 0 Å². The van der Waals surface area contributed by atoms with Gasteiger partial charge in [-0.2, -0.15) is 0 Å². The fourth-order valence-electron chi connectivity index (χ4n) is 1.75. The van der Waals surface area contributed by atoms with Crippen molar-refractivity contribution in [1.29, 1.82) is 0 Å². The lowest BCUT2D eigenvalue weighted by molar-refractivity contribution is -0.123. The number of nitrogens with one attached hydrogen (secondary N) is 2. The second kappa shape index (κ2) is 6.49. The van der Waals surface area contributed by atoms with Crippen molar-refractivity contribution in [2.45, 2.75) is 0 Å². The SMILES string of the molecule is NCC(=O)NCC(=O)Nc1ccc2cc(Br)ccc2c1. The van der Waals surface area contributed by atoms with Crippen molar-refractivity contribution in [3.63, 3.8) is 0 Å². The standard InChI is InChI=1S/C14H14BrN3O2/c15-11-3-1-10-6-12(4-2-9(10)5-11)18-14(20)8-17-13(19)7-16/h1-6H,7-8,16H2,(H,17,19)(H,18,20). The molecule has 0 fully saturated rings. The van der Waals surface area contributed by atoms with Gasteiger partial charge in [-0.3, -0.25) is 9.59 Å². The van der Waals surface area contributed by atoms with Crippen molar-refractivity contribution in [3.8, 4) is 0 Å². The molecule has 2 aromatic carbocycles. The first-order chi connectivity index (χ1) is 9.58. The quantitative estimate of drug-likeness (QED) is 0.793. The Kier molecular flexibility index (Phi) is 4.70. The summed E-state index contributed by atoms with van der Waals surface area (Å²) in [7, 11) is 0. The fraction of sp³-hybridized carbons (Fsp3) is 0.143. The van der Waals surface area contributed by atoms with Crippen LogP contribution in [0.1, 0.15) is 0 Å². The number of hydrogen-bond donors (Lipinski definition) is 3. The molecular weight excluding hydrogens is 322 g/mol. The number of fused-ring (bicyclic) bond motifs is 1. The maximum atomic E-state index is 11.6. The van der Waals surface area contributed by atoms with Gasteiger partial charge >= 0.3 is 0 Å². The number of rotatable bonds is 4. The minimum atomic E-state index is -0.358. The average Bonchev–Trinajstić information content (AvgIpc) is 2.45. The second-order valence-corrected chi connectivity index (χ2v) is 5.15. The van der Waals surface area contributed by atoms with Crippen LogP contribution in [0.5, 0.6) is 0 Å². The van der Waals surface area contributed by atoms with Gasteiger partial charge in [-0.1, -0.05) is 28.1 Å². The van der Waals surface area contributed by atoms with E-state index in [-0.39, 0.29) is 24.9 Å². The highest BCUT2D eigenvalue weighted by molar-refractivity contribution is 9.10. The fourth-order valence-corrected chi connectivity index (χ4v) is 2.13. The van der Waals surface area contributed by atoms with Gasteiger partial charge in [0.05, 0.1) is 13.1 Å². The Hall–Kier alpha value is -1.92. The maximum absolute atomic E-state index is 11.6. The first kappa shape index (κ1) is 14.5. The molecule has 0 aromatic heterocycles. The van der Waals surface area contributed by atoms with Crippen molar-refractivity contribution < 1.29 is 9.59 Å². The van der Waals surface area contributed by atoms with Crippen LogP contribution in [-0.4, -0.2) is 24.9 Å². The van der Waals surface area contributed by atoms with E-state index in [0.29, 0.717) is 5.69 Å². The lowest BCUT2D eigenvalue weighted by atomic mass is 10.1. The van der Waals surface area contributed by atoms with Crippen LogP contribution in [-0.2, 0) is 9.59 Å². The van der Waals surface area contributed by atoms with E-state index in [9.17, 15) is 9.59 Å². The number of hydrogen-bond acceptors (Lipinski definition) is 3. The van der Waals surface area contributed by atoms with Crippen LogP contribution in [0.3, 0.4) is 0 Å². The summed E-state index contributed by atoms with van der Waals surface area (Å²) >= 11 is 3.41. The Morgan fingerprint density at radius 1 is 1.05 bits per heavy atom. The molecule has 5 nitrogen and oxygen atoms in total. The van der Waals surface area contributed by atoms with Crippen molar-refractivity contribution in [2.75, 3.05) is 18.4 Å². The summed E-state index contributed by atoms with van der Waals surface area (Å²) in [6.07, 6.45) is 0. The third-order valence-corrected chi connectivity index (χ3v) is 3.21. The van der Waals surface area contributed by atoms with E-state index in [4.69, 9.17) is 5.73 Å². The van der Waals surface area contributed by atoms with E-state index in [2.05, 4.69) is 26.6 Å². The monoisotopic (exact) mass is 335 g/mol. The smallest absolute Gasteiger partial charge is 0.243 e. The highest BCUT2D eigenvalue weighted by Gasteiger charge is 2.05. The van der Waals surface area contributed by atoms with Gasteiger partial charge in [0, 0.05) is 10.2 Å². The molecule has 0 aliphatic heterocycles. The molecule has 0 atom stereocenters. The summed E-state index contributed by atoms with van der Waals surface area (Å²) in [6.45, 7) is -0.216. The maximum Gasteiger partial charge on any atom is 0.243 e. The minimum absolute atomic E-state index is 0.0889. The van der Waals surface area contributed by atoms with Crippen LogP contribution < -0.4 is 16.4 Å². The second-order valence-electron chi connectivity index (χ2n) is 4.24. The molecule has 6 heteroatoms. The van der Waals surface area contributed by atoms with Gasteiger partial charge in [0.25, 0.3) is 0 Å². The lowest BCUT2D eigenvalue weighted by Gasteiger charge is -2.07. The van der Waals surface area contributed by atoms with Crippen LogP contribution in [0.4, 0.5) is 5.69 Å². The largest absolute Gasteiger partial charge is 0.346 e. The van der Waals surface area contributed by atoms with E-state index in [1.165, 1.54) is 0 Å². The van der Waals surface area contributed by atoms with Gasteiger partial charge < -0.3 is 16.4 Å². The highest BCUT2D eigenvalue weighted by Crippen LogP contribution is 2.22. The van der Waals surface area contributed by atoms with E-state index >= 15 is 0 Å². The molecule has 0 aliphatic carbocycles. The number of nitrogens with two attached hydrogens (primary N) is 1. The summed E-state index contributed by atoms with van der Waals surface area (Å²) in [5, 5.41) is 7.24. The van der Waals surface area contributed by atoms with Gasteiger partial charge in [0.2, 0.25) is 11.8 Å². The summed E-state index contributed by atoms with van der Waals surface area (Å²) < 4.78 is 1.01. The molecule has 20 heavy (non-hydrogen) atoms. The Morgan fingerprint density at radius 3 is 2.50 bits per heavy atom. The molecule has 0 aliphatic rings. The molecule has 2 rings (SSSR count). The molecule has 104 valence electrons. The summed E-state index contributed by atoms with van der Waals surface area (Å²) in [6, 6.07) is 11.5. The van der Waals surface area contributed by atoms with Gasteiger partial charge in [0.1, 0.15) is 0 Å². The van der Waals surface area contributed by atoms with Crippen LogP contribution >= 0.6 is 15.9 Å². The highest BCUT2D eigenvalue weighted by atomic mass is 79.9. The Morgan fingerprint density at radius 2 is 1.75 bits per heavy atom. The molecule has 0 saturated heterocycles. The summed E-state index contributed by atoms with van der Waals surface area (Å²) in [5.41, 5.74) is 5.82. The third kappa shape index (κ3) is 3.79. The van der Waals surface area contributed by atoms with E-state index < -0.39 is 0 Å². The molecule has 0 spiro atoms. The first-order valence-electron chi connectivity index (χ1n) is 6.04. The number of carbonyl (C=O) groups is 2. The number of anilines is 1. The van der Waals surface area contributed by atoms with Crippen molar-refractivity contribution >= 4 is 44.2 Å². The van der Waals surface area contributed by atoms with Crippen LogP contribution in [0.2, 0.25) is 0 Å². The molecule has 2 aromatic rings. The zero-order valence-corrected chi connectivity index (χ0v) is 12.2. The summed E-state index contributed by atoms with van der Waals surface area (Å²) in [5.74, 6) is -0.647. The topological polar surface area (TPSA) is 84.2 Å². The van der Waals surface area contributed by atoms with E-state index in [1.807, 2.05) is 36.4 Å². The van der Waals surface area contributed by atoms with E-state index in [0.717, 1.165) is 15.2 Å². The number of amides is 2. The molecule has 0 heterocycles. The average molecular weight is 336 g/mol. The van der Waals surface area contributed by atoms with E-state index in [1.54, 1.807) is 0 Å². The van der Waals surface area contributed by atoms with Crippen LogP contribution in [0, 0.1) is 0 Å². The predicted octanol–water partition coefficient (Wildman–Crippen LogP) is 1.62. The third-order valence-electron chi connectivity index (χ3n) is 2.72. The zero-order valence-electron chi connectivity index (χ0n) is 10.7. The minimum Gasteiger partial charge on any atom is -0.346 e. The molecule has 4 N–H and O–H groups in total. The zero-order chi connectivity index (χ0) is 14.5. The Bertz CT molecular complexity index is 658. The lowest BCUT2D eigenvalue weighted by Crippen LogP contribution is -2.36. The number of halogens is 1. The van der Waals surface area contributed by atoms with Crippen molar-refractivity contribution in [2.24, 2.45) is 5.73 Å². The number of carbonyl (C=O) groups excluding carboxylic acids is 2. The predicted molar refractivity (Wildman–Crippen MR) is 82.3 cm³/mol. The number of benzene rings is 2. The van der Waals surface area contributed by atoms with Crippen molar-refractivity contribution in [1.82, 2.24) is 5.32 Å². The van der Waals surface area contributed by atoms with Crippen LogP contribution in [0.15, 0.2) is 40.9 Å². The molecule has 0 bridgehead atoms. The summed E-state index contributed by atoms with van der Waals surface area (Å²) in [4.78, 5) is 22.6. The molecule has 0 unspecified atom stereocenters. The van der Waals surface area contributed by atoms with Gasteiger partial charge in [-0.05, 0) is 35.0 Å². The van der Waals surface area contributed by atoms with Gasteiger partial charge in [-0.25, -0.2) is 0 Å². The Labute approximate surface area is 124 Å². The molecule has 0 saturated carbocycles. The normalized spacial score (nSPS) is 10.3. The van der Waals surface area contributed by atoms with Gasteiger partial charge in [0.15, 0.2) is 0 Å². The first-order valence-corrected chi connectivity index (χ1v) is 6.84. The van der Waals surface area contributed by atoms with Crippen molar-refractivity contribution in [3.05, 3.63) is 40.9 Å². The molecule has 0 radical (unpaired) electrons. The molecular formula is C14H14BrN3O2. The molecule has 2 amide bonds.